The summed E-state index contributed by atoms with van der Waals surface area (Å²) in [5, 5.41) is 8.78. The second-order valence-electron chi connectivity index (χ2n) is 7.83. The molecular weight excluding hydrogens is 424 g/mol. The van der Waals surface area contributed by atoms with Crippen LogP contribution in [0.15, 0.2) is 58.3 Å². The van der Waals surface area contributed by atoms with Crippen molar-refractivity contribution in [1.29, 1.82) is 0 Å². The fourth-order valence-corrected chi connectivity index (χ4v) is 3.89. The van der Waals surface area contributed by atoms with E-state index < -0.39 is 5.97 Å². The Morgan fingerprint density at radius 3 is 2.52 bits per heavy atom. The van der Waals surface area contributed by atoms with Crippen LogP contribution in [0.2, 0.25) is 0 Å². The Morgan fingerprint density at radius 1 is 1.06 bits per heavy atom. The van der Waals surface area contributed by atoms with Crippen LogP contribution in [-0.2, 0) is 18.4 Å². The highest BCUT2D eigenvalue weighted by molar-refractivity contribution is 5.89. The minimum absolute atomic E-state index is 0.126. The van der Waals surface area contributed by atoms with E-state index in [0.717, 1.165) is 11.3 Å². The van der Waals surface area contributed by atoms with Gasteiger partial charge in [-0.1, -0.05) is 11.6 Å². The van der Waals surface area contributed by atoms with Gasteiger partial charge < -0.3 is 9.72 Å². The predicted molar refractivity (Wildman–Crippen MR) is 121 cm³/mol. The van der Waals surface area contributed by atoms with Crippen LogP contribution in [0.5, 0.6) is 0 Å². The molecule has 0 radical (unpaired) electrons. The standard InChI is InChI=1S/C23H20N6O4/c1-13-4-9-18-17(10-13)20(30)27(3)22-26-25-19(29(18)22)12-33-21(31)15-5-7-16(8-6-15)28-14(2)11-24-23(28)32/h4-11H,12H2,1-3H3,(H,24,32). The van der Waals surface area contributed by atoms with Gasteiger partial charge in [0, 0.05) is 18.9 Å². The van der Waals surface area contributed by atoms with Crippen molar-refractivity contribution in [3.05, 3.63) is 92.1 Å². The molecule has 2 aromatic carbocycles. The number of aryl methyl sites for hydroxylation is 3. The van der Waals surface area contributed by atoms with Crippen molar-refractivity contribution in [1.82, 2.24) is 28.7 Å². The quantitative estimate of drug-likeness (QED) is 0.424. The third-order valence-electron chi connectivity index (χ3n) is 5.59. The Balaban J connectivity index is 1.43. The number of hydrogen-bond acceptors (Lipinski definition) is 6. The van der Waals surface area contributed by atoms with E-state index in [0.29, 0.717) is 33.8 Å². The summed E-state index contributed by atoms with van der Waals surface area (Å²) < 4.78 is 10.1. The minimum Gasteiger partial charge on any atom is -0.454 e. The van der Waals surface area contributed by atoms with Crippen LogP contribution < -0.4 is 11.2 Å². The zero-order chi connectivity index (χ0) is 23.3. The molecule has 0 bridgehead atoms. The van der Waals surface area contributed by atoms with E-state index >= 15 is 0 Å². The summed E-state index contributed by atoms with van der Waals surface area (Å²) >= 11 is 0. The van der Waals surface area contributed by atoms with Gasteiger partial charge in [0.1, 0.15) is 0 Å². The fraction of sp³-hybridized carbons (Fsp3) is 0.174. The number of aromatic nitrogens is 6. The summed E-state index contributed by atoms with van der Waals surface area (Å²) in [6.45, 7) is 3.60. The van der Waals surface area contributed by atoms with E-state index in [-0.39, 0.29) is 17.9 Å². The molecular formula is C23H20N6O4. The van der Waals surface area contributed by atoms with Crippen molar-refractivity contribution in [3.8, 4) is 5.69 Å². The molecule has 5 aromatic rings. The van der Waals surface area contributed by atoms with Gasteiger partial charge in [-0.3, -0.25) is 18.3 Å². The SMILES string of the molecule is Cc1ccc2c(c1)c(=O)n(C)c1nnc(COC(=O)c3ccc(-n4c(C)c[nH]c4=O)cc3)n21. The van der Waals surface area contributed by atoms with Gasteiger partial charge in [0.25, 0.3) is 5.56 Å². The van der Waals surface area contributed by atoms with Crippen molar-refractivity contribution in [2.24, 2.45) is 7.05 Å². The van der Waals surface area contributed by atoms with Gasteiger partial charge in [-0.2, -0.15) is 0 Å². The fourth-order valence-electron chi connectivity index (χ4n) is 3.89. The average molecular weight is 444 g/mol. The molecule has 0 unspecified atom stereocenters. The second kappa shape index (κ2) is 7.59. The molecule has 3 aromatic heterocycles. The van der Waals surface area contributed by atoms with E-state index in [2.05, 4.69) is 15.2 Å². The smallest absolute Gasteiger partial charge is 0.338 e. The highest BCUT2D eigenvalue weighted by Gasteiger charge is 2.17. The van der Waals surface area contributed by atoms with E-state index in [4.69, 9.17) is 4.74 Å². The van der Waals surface area contributed by atoms with Gasteiger partial charge in [-0.05, 0) is 50.2 Å². The third-order valence-corrected chi connectivity index (χ3v) is 5.59. The van der Waals surface area contributed by atoms with Crippen LogP contribution >= 0.6 is 0 Å². The number of benzene rings is 2. The summed E-state index contributed by atoms with van der Waals surface area (Å²) in [5.41, 5.74) is 2.91. The maximum atomic E-state index is 12.7. The summed E-state index contributed by atoms with van der Waals surface area (Å²) in [4.78, 5) is 39.9. The average Bonchev–Trinajstić information content (AvgIpc) is 3.39. The molecule has 0 spiro atoms. The molecule has 1 N–H and O–H groups in total. The number of hydrogen-bond donors (Lipinski definition) is 1. The maximum Gasteiger partial charge on any atom is 0.338 e. The molecule has 3 heterocycles. The first kappa shape index (κ1) is 20.4. The van der Waals surface area contributed by atoms with Crippen LogP contribution in [0.25, 0.3) is 22.4 Å². The van der Waals surface area contributed by atoms with Crippen LogP contribution in [-0.4, -0.2) is 34.7 Å². The van der Waals surface area contributed by atoms with E-state index in [1.54, 1.807) is 41.9 Å². The third kappa shape index (κ3) is 3.32. The maximum absolute atomic E-state index is 12.7. The summed E-state index contributed by atoms with van der Waals surface area (Å²) in [5.74, 6) is 0.217. The number of carbonyl (C=O) groups is 1. The zero-order valence-corrected chi connectivity index (χ0v) is 18.2. The number of nitrogens with zero attached hydrogens (tertiary/aromatic N) is 5. The number of aromatic amines is 1. The van der Waals surface area contributed by atoms with Crippen molar-refractivity contribution >= 4 is 22.6 Å². The highest BCUT2D eigenvalue weighted by atomic mass is 16.5. The normalized spacial score (nSPS) is 11.4. The van der Waals surface area contributed by atoms with Crippen molar-refractivity contribution in [3.63, 3.8) is 0 Å². The van der Waals surface area contributed by atoms with Crippen molar-refractivity contribution in [2.75, 3.05) is 0 Å². The van der Waals surface area contributed by atoms with Gasteiger partial charge >= 0.3 is 11.7 Å². The molecule has 0 saturated heterocycles. The minimum atomic E-state index is -0.540. The number of carbonyl (C=O) groups excluding carboxylic acids is 1. The number of H-pyrrole nitrogens is 1. The zero-order valence-electron chi connectivity index (χ0n) is 18.2. The highest BCUT2D eigenvalue weighted by Crippen LogP contribution is 2.17. The first-order valence-electron chi connectivity index (χ1n) is 10.2. The lowest BCUT2D eigenvalue weighted by Crippen LogP contribution is -2.20. The number of imidazole rings is 1. The molecule has 0 amide bonds. The lowest BCUT2D eigenvalue weighted by Gasteiger charge is -2.09. The molecule has 0 saturated carbocycles. The molecule has 0 aliphatic carbocycles. The van der Waals surface area contributed by atoms with E-state index in [9.17, 15) is 14.4 Å². The summed E-state index contributed by atoms with van der Waals surface area (Å²) in [6.07, 6.45) is 1.62. The van der Waals surface area contributed by atoms with Gasteiger partial charge in [-0.25, -0.2) is 9.59 Å². The molecule has 0 atom stereocenters. The van der Waals surface area contributed by atoms with Crippen LogP contribution in [0, 0.1) is 13.8 Å². The van der Waals surface area contributed by atoms with Crippen LogP contribution in [0.4, 0.5) is 0 Å². The largest absolute Gasteiger partial charge is 0.454 e. The lowest BCUT2D eigenvalue weighted by molar-refractivity contribution is 0.0461. The molecule has 5 rings (SSSR count). The number of rotatable bonds is 4. The van der Waals surface area contributed by atoms with Gasteiger partial charge in [0.2, 0.25) is 5.78 Å². The van der Waals surface area contributed by atoms with Crippen LogP contribution in [0.1, 0.15) is 27.4 Å². The Morgan fingerprint density at radius 2 is 1.82 bits per heavy atom. The topological polar surface area (TPSA) is 116 Å². The molecule has 10 nitrogen and oxygen atoms in total. The predicted octanol–water partition coefficient (Wildman–Crippen LogP) is 2.03. The second-order valence-corrected chi connectivity index (χ2v) is 7.83. The first-order chi connectivity index (χ1) is 15.8. The first-order valence-corrected chi connectivity index (χ1v) is 10.2. The monoisotopic (exact) mass is 444 g/mol. The number of fused-ring (bicyclic) bond motifs is 3. The summed E-state index contributed by atoms with van der Waals surface area (Å²) in [7, 11) is 1.63. The van der Waals surface area contributed by atoms with E-state index in [1.807, 2.05) is 32.0 Å². The van der Waals surface area contributed by atoms with Crippen LogP contribution in [0.3, 0.4) is 0 Å². The molecule has 0 aliphatic heterocycles. The van der Waals surface area contributed by atoms with Gasteiger partial charge in [0.05, 0.1) is 22.2 Å². The molecule has 10 heteroatoms. The molecule has 166 valence electrons. The van der Waals surface area contributed by atoms with Crippen molar-refractivity contribution in [2.45, 2.75) is 20.5 Å². The molecule has 33 heavy (non-hydrogen) atoms. The molecule has 0 fully saturated rings. The number of esters is 1. The summed E-state index contributed by atoms with van der Waals surface area (Å²) in [6, 6.07) is 12.1. The Kier molecular flexibility index (Phi) is 4.70. The Hall–Kier alpha value is -4.47. The Bertz CT molecular complexity index is 1650. The molecule has 0 aliphatic rings. The van der Waals surface area contributed by atoms with E-state index in [1.165, 1.54) is 9.13 Å². The Labute approximate surface area is 186 Å². The lowest BCUT2D eigenvalue weighted by atomic mass is 10.1. The van der Waals surface area contributed by atoms with Gasteiger partial charge in [0.15, 0.2) is 12.4 Å². The number of ether oxygens (including phenoxy) is 1. The van der Waals surface area contributed by atoms with Crippen molar-refractivity contribution < 1.29 is 9.53 Å². The van der Waals surface area contributed by atoms with Gasteiger partial charge in [-0.15, -0.1) is 10.2 Å². The number of nitrogens with one attached hydrogen (secondary N) is 1.